The van der Waals surface area contributed by atoms with E-state index < -0.39 is 0 Å². The monoisotopic (exact) mass is 153 g/mol. The number of nitrogens with two attached hydrogens (primary N) is 1. The Balaban J connectivity index is 2.97. The molecule has 3 nitrogen and oxygen atoms in total. The quantitative estimate of drug-likeness (QED) is 0.570. The lowest BCUT2D eigenvalue weighted by Gasteiger charge is -2.06. The highest BCUT2D eigenvalue weighted by Crippen LogP contribution is 2.14. The maximum atomic E-state index is 11.2. The van der Waals surface area contributed by atoms with E-state index in [-0.39, 0.29) is 6.04 Å². The van der Waals surface area contributed by atoms with Crippen LogP contribution in [-0.2, 0) is 0 Å². The average Bonchev–Trinajstić information content (AvgIpc) is 2.01. The molecule has 1 aliphatic heterocycles. The molecule has 0 saturated heterocycles. The van der Waals surface area contributed by atoms with E-state index >= 15 is 0 Å². The van der Waals surface area contributed by atoms with Crippen LogP contribution in [0.1, 0.15) is 13.8 Å². The predicted molar refractivity (Wildman–Crippen MR) is 44.0 cm³/mol. The molecule has 0 aliphatic carbocycles. The van der Waals surface area contributed by atoms with Gasteiger partial charge in [-0.15, -0.1) is 0 Å². The maximum Gasteiger partial charge on any atom is 0.234 e. The lowest BCUT2D eigenvalue weighted by molar-refractivity contribution is -0.525. The molecule has 0 amide bonds. The second kappa shape index (κ2) is 2.96. The van der Waals surface area contributed by atoms with Crippen molar-refractivity contribution in [2.75, 3.05) is 6.54 Å². The fourth-order valence-corrected chi connectivity index (χ4v) is 1.12. The third kappa shape index (κ3) is 1.38. The summed E-state index contributed by atoms with van der Waals surface area (Å²) < 4.78 is 0.988. The van der Waals surface area contributed by atoms with Crippen LogP contribution in [-0.4, -0.2) is 17.3 Å². The van der Waals surface area contributed by atoms with Crippen molar-refractivity contribution in [3.05, 3.63) is 28.3 Å². The molecule has 0 fully saturated rings. The highest BCUT2D eigenvalue weighted by molar-refractivity contribution is 5.25. The topological polar surface area (TPSA) is 46.1 Å². The molecule has 0 saturated carbocycles. The van der Waals surface area contributed by atoms with E-state index in [1.165, 1.54) is 0 Å². The Morgan fingerprint density at radius 3 is 2.91 bits per heavy atom. The molecule has 3 heteroatoms. The number of rotatable bonds is 1. The van der Waals surface area contributed by atoms with Gasteiger partial charge >= 0.3 is 0 Å². The molecule has 0 aromatic carbocycles. The van der Waals surface area contributed by atoms with Gasteiger partial charge in [-0.2, -0.15) is 0 Å². The molecule has 0 aromatic rings. The molecule has 0 spiro atoms. The van der Waals surface area contributed by atoms with Gasteiger partial charge in [0.05, 0.1) is 0 Å². The minimum Gasteiger partial charge on any atom is -0.326 e. The summed E-state index contributed by atoms with van der Waals surface area (Å²) in [4.78, 5) is 11.2. The summed E-state index contributed by atoms with van der Waals surface area (Å²) in [6, 6.07) is -0.0506. The molecule has 0 bridgehead atoms. The standard InChI is InChI=1S/C8H13N2O/c1-6-3-4-8(5-9)7(2)10(6)11/h3-4,6H,5,9H2,1-2H3/q+1. The summed E-state index contributed by atoms with van der Waals surface area (Å²) in [6.07, 6.45) is 3.79. The molecule has 0 aromatic heterocycles. The Labute approximate surface area is 66.2 Å². The molecular weight excluding hydrogens is 140 g/mol. The molecule has 1 unspecified atom stereocenters. The second-order valence-electron chi connectivity index (χ2n) is 2.74. The van der Waals surface area contributed by atoms with Crippen molar-refractivity contribution in [3.63, 3.8) is 0 Å². The van der Waals surface area contributed by atoms with Crippen LogP contribution in [0.5, 0.6) is 0 Å². The van der Waals surface area contributed by atoms with Gasteiger partial charge in [-0.1, -0.05) is 0 Å². The van der Waals surface area contributed by atoms with Crippen molar-refractivity contribution >= 4 is 0 Å². The van der Waals surface area contributed by atoms with Crippen molar-refractivity contribution in [1.29, 1.82) is 0 Å². The molecule has 1 heterocycles. The molecule has 1 atom stereocenters. The zero-order valence-electron chi connectivity index (χ0n) is 6.87. The van der Waals surface area contributed by atoms with Crippen molar-refractivity contribution in [2.45, 2.75) is 19.9 Å². The first-order valence-electron chi connectivity index (χ1n) is 3.71. The summed E-state index contributed by atoms with van der Waals surface area (Å²) in [5.41, 5.74) is 7.09. The van der Waals surface area contributed by atoms with Crippen molar-refractivity contribution in [1.82, 2.24) is 0 Å². The van der Waals surface area contributed by atoms with Gasteiger partial charge in [0.1, 0.15) is 0 Å². The summed E-state index contributed by atoms with van der Waals surface area (Å²) >= 11 is 0. The lowest BCUT2D eigenvalue weighted by atomic mass is 10.1. The molecule has 60 valence electrons. The van der Waals surface area contributed by atoms with Gasteiger partial charge in [0.2, 0.25) is 11.7 Å². The third-order valence-electron chi connectivity index (χ3n) is 1.96. The molecule has 2 N–H and O–H groups in total. The van der Waals surface area contributed by atoms with E-state index in [4.69, 9.17) is 5.73 Å². The number of hydrogen-bond acceptors (Lipinski definition) is 2. The van der Waals surface area contributed by atoms with Gasteiger partial charge in [0.25, 0.3) is 0 Å². The van der Waals surface area contributed by atoms with Gasteiger partial charge in [-0.25, -0.2) is 0 Å². The maximum absolute atomic E-state index is 11.2. The van der Waals surface area contributed by atoms with Crippen LogP contribution in [0, 0.1) is 4.91 Å². The SMILES string of the molecule is CC1=C(CN)C=CC(C)[N+]1=O. The zero-order chi connectivity index (χ0) is 8.43. The smallest absolute Gasteiger partial charge is 0.234 e. The Morgan fingerprint density at radius 2 is 2.36 bits per heavy atom. The summed E-state index contributed by atoms with van der Waals surface area (Å²) in [6.45, 7) is 4.10. The van der Waals surface area contributed by atoms with E-state index in [9.17, 15) is 4.91 Å². The van der Waals surface area contributed by atoms with Crippen LogP contribution < -0.4 is 5.73 Å². The van der Waals surface area contributed by atoms with E-state index in [1.54, 1.807) is 6.92 Å². The molecule has 11 heavy (non-hydrogen) atoms. The van der Waals surface area contributed by atoms with Gasteiger partial charge in [0, 0.05) is 35.6 Å². The minimum absolute atomic E-state index is 0.0506. The molecule has 1 rings (SSSR count). The number of hydrogen-bond donors (Lipinski definition) is 1. The van der Waals surface area contributed by atoms with Crippen molar-refractivity contribution in [2.24, 2.45) is 5.73 Å². The first kappa shape index (κ1) is 8.14. The summed E-state index contributed by atoms with van der Waals surface area (Å²) in [5.74, 6) is 0. The Kier molecular flexibility index (Phi) is 2.19. The average molecular weight is 153 g/mol. The lowest BCUT2D eigenvalue weighted by Crippen LogP contribution is -2.23. The van der Waals surface area contributed by atoms with E-state index in [0.29, 0.717) is 6.54 Å². The first-order valence-corrected chi connectivity index (χ1v) is 3.71. The summed E-state index contributed by atoms with van der Waals surface area (Å²) in [7, 11) is 0. The van der Waals surface area contributed by atoms with Gasteiger partial charge < -0.3 is 5.73 Å². The molecule has 0 radical (unpaired) electrons. The second-order valence-corrected chi connectivity index (χ2v) is 2.74. The van der Waals surface area contributed by atoms with Crippen molar-refractivity contribution in [3.8, 4) is 0 Å². The van der Waals surface area contributed by atoms with E-state index in [0.717, 1.165) is 16.0 Å². The van der Waals surface area contributed by atoms with Crippen LogP contribution in [0.2, 0.25) is 0 Å². The van der Waals surface area contributed by atoms with Crippen LogP contribution >= 0.6 is 0 Å². The predicted octanol–water partition coefficient (Wildman–Crippen LogP) is 0.956. The van der Waals surface area contributed by atoms with Gasteiger partial charge in [0.15, 0.2) is 0 Å². The first-order chi connectivity index (χ1) is 5.16. The van der Waals surface area contributed by atoms with Crippen molar-refractivity contribution < 1.29 is 4.76 Å². The largest absolute Gasteiger partial charge is 0.326 e. The van der Waals surface area contributed by atoms with Gasteiger partial charge in [-0.05, 0) is 12.2 Å². The molecule has 1 aliphatic rings. The summed E-state index contributed by atoms with van der Waals surface area (Å²) in [5, 5.41) is 0. The fraction of sp³-hybridized carbons (Fsp3) is 0.500. The highest BCUT2D eigenvalue weighted by Gasteiger charge is 2.25. The fourth-order valence-electron chi connectivity index (χ4n) is 1.12. The minimum atomic E-state index is -0.0506. The Hall–Kier alpha value is -0.960. The number of allylic oxidation sites excluding steroid dienone is 1. The normalized spacial score (nSPS) is 24.6. The Morgan fingerprint density at radius 1 is 1.73 bits per heavy atom. The highest BCUT2D eigenvalue weighted by atomic mass is 16.3. The van der Waals surface area contributed by atoms with Crippen LogP contribution in [0.25, 0.3) is 0 Å². The van der Waals surface area contributed by atoms with Crippen LogP contribution in [0.3, 0.4) is 0 Å². The van der Waals surface area contributed by atoms with Crippen LogP contribution in [0.4, 0.5) is 0 Å². The van der Waals surface area contributed by atoms with Gasteiger partial charge in [-0.3, -0.25) is 0 Å². The van der Waals surface area contributed by atoms with E-state index in [2.05, 4.69) is 0 Å². The number of nitroso groups, excluding NO2 is 1. The number of nitrogens with zero attached hydrogens (tertiary/aromatic N) is 1. The Bertz CT molecular complexity index is 240. The third-order valence-corrected chi connectivity index (χ3v) is 1.96. The van der Waals surface area contributed by atoms with Crippen LogP contribution in [0.15, 0.2) is 23.4 Å². The molecular formula is C8H13N2O+. The zero-order valence-corrected chi connectivity index (χ0v) is 6.87. The van der Waals surface area contributed by atoms with E-state index in [1.807, 2.05) is 19.1 Å².